The second-order valence-electron chi connectivity index (χ2n) is 15.9. The first kappa shape index (κ1) is 33.2. The van der Waals surface area contributed by atoms with Gasteiger partial charge in [-0.2, -0.15) is 13.2 Å². The van der Waals surface area contributed by atoms with Crippen molar-refractivity contribution in [3.63, 3.8) is 0 Å². The maximum absolute atomic E-state index is 13.9. The minimum atomic E-state index is -4.58. The zero-order valence-electron chi connectivity index (χ0n) is 26.6. The molecule has 1 aromatic carbocycles. The summed E-state index contributed by atoms with van der Waals surface area (Å²) in [5.74, 6) is 1.74. The maximum atomic E-state index is 13.9. The number of aliphatic hydroxyl groups is 2. The van der Waals surface area contributed by atoms with E-state index in [0.29, 0.717) is 41.4 Å². The average molecular weight is 627 g/mol. The number of benzene rings is 1. The Morgan fingerprint density at radius 1 is 0.884 bits per heavy atom. The fourth-order valence-electron chi connectivity index (χ4n) is 10.8. The highest BCUT2D eigenvalue weighted by molar-refractivity contribution is 7.92. The topological polar surface area (TPSA) is 74.6 Å². The van der Waals surface area contributed by atoms with Crippen LogP contribution >= 0.6 is 0 Å². The Balaban J connectivity index is 1.34. The number of halogens is 3. The predicted octanol–water partition coefficient (Wildman–Crippen LogP) is 8.21. The number of fused-ring (bicyclic) bond motifs is 5. The molecule has 8 heteroatoms. The van der Waals surface area contributed by atoms with Crippen LogP contribution in [0.1, 0.15) is 105 Å². The van der Waals surface area contributed by atoms with Crippen molar-refractivity contribution in [3.05, 3.63) is 30.3 Å². The molecule has 4 saturated carbocycles. The van der Waals surface area contributed by atoms with Crippen molar-refractivity contribution in [2.75, 3.05) is 0 Å². The summed E-state index contributed by atoms with van der Waals surface area (Å²) in [6, 6.07) is 8.62. The Labute approximate surface area is 257 Å². The minimum Gasteiger partial charge on any atom is -0.393 e. The monoisotopic (exact) mass is 626 g/mol. The molecule has 0 spiro atoms. The Morgan fingerprint density at radius 3 is 2.16 bits per heavy atom. The Morgan fingerprint density at radius 2 is 1.53 bits per heavy atom. The molecule has 0 aliphatic heterocycles. The average Bonchev–Trinajstić information content (AvgIpc) is 3.30. The third-order valence-electron chi connectivity index (χ3n) is 13.4. The van der Waals surface area contributed by atoms with Gasteiger partial charge in [0.05, 0.1) is 16.2 Å². The van der Waals surface area contributed by atoms with Gasteiger partial charge in [0.15, 0.2) is 15.4 Å². The fraction of sp³-hybridized carbons (Fsp3) is 0.829. The van der Waals surface area contributed by atoms with Crippen LogP contribution in [0.3, 0.4) is 0 Å². The second-order valence-corrected chi connectivity index (χ2v) is 18.1. The quantitative estimate of drug-likeness (QED) is 0.305. The lowest BCUT2D eigenvalue weighted by molar-refractivity contribution is -0.290. The molecule has 2 unspecified atom stereocenters. The van der Waals surface area contributed by atoms with Gasteiger partial charge in [0.2, 0.25) is 0 Å². The summed E-state index contributed by atoms with van der Waals surface area (Å²) in [7, 11) is -3.62. The zero-order valence-corrected chi connectivity index (χ0v) is 27.4. The van der Waals surface area contributed by atoms with Gasteiger partial charge in [0.1, 0.15) is 0 Å². The van der Waals surface area contributed by atoms with Crippen LogP contribution < -0.4 is 0 Å². The van der Waals surface area contributed by atoms with Gasteiger partial charge in [-0.25, -0.2) is 8.42 Å². The molecule has 1 aromatic rings. The molecule has 5 rings (SSSR count). The van der Waals surface area contributed by atoms with Crippen LogP contribution in [0.2, 0.25) is 0 Å². The molecule has 4 aliphatic rings. The van der Waals surface area contributed by atoms with Crippen LogP contribution in [0.4, 0.5) is 13.2 Å². The first-order chi connectivity index (χ1) is 19.9. The van der Waals surface area contributed by atoms with Crippen molar-refractivity contribution in [3.8, 4) is 0 Å². The van der Waals surface area contributed by atoms with Gasteiger partial charge in [0.25, 0.3) is 0 Å². The summed E-state index contributed by atoms with van der Waals surface area (Å²) in [4.78, 5) is 0.314. The lowest BCUT2D eigenvalue weighted by atomic mass is 9.43. The molecule has 0 saturated heterocycles. The molecule has 244 valence electrons. The van der Waals surface area contributed by atoms with Crippen LogP contribution in [0.25, 0.3) is 0 Å². The standard InChI is InChI=1S/C35H53F3O4S/c1-22(2)31(39)20-26(43(41,42)25-9-7-6-8-10-25)19-23(3)28-13-14-29-27-12-11-24-21-34(40,35(36,37)38)18-17-32(24,4)30(27)15-16-33(28,29)5/h6-10,22-24,26-31,39-40H,11-21H2,1-5H3/t23-,24+,26?,27?,28-,29+,30+,31-,32+,33-,34+/m1/s1. The lowest BCUT2D eigenvalue weighted by Gasteiger charge is -2.62. The molecule has 0 heterocycles. The summed E-state index contributed by atoms with van der Waals surface area (Å²) < 4.78 is 69.0. The van der Waals surface area contributed by atoms with Crippen molar-refractivity contribution in [2.24, 2.45) is 52.3 Å². The molecule has 4 fully saturated rings. The maximum Gasteiger partial charge on any atom is 0.417 e. The van der Waals surface area contributed by atoms with E-state index >= 15 is 0 Å². The van der Waals surface area contributed by atoms with Gasteiger partial charge >= 0.3 is 6.18 Å². The summed E-state index contributed by atoms with van der Waals surface area (Å²) in [6.45, 7) is 10.7. The molecule has 0 radical (unpaired) electrons. The lowest BCUT2D eigenvalue weighted by Crippen LogP contribution is -2.59. The number of alkyl halides is 3. The Kier molecular flexibility index (Phi) is 8.97. The SMILES string of the molecule is CC(C)[C@H](O)CC(C[C@@H](C)[C@H]1CC[C@H]2C3CC[C@H]4C[C@](O)(C(F)(F)F)CC[C@]4(C)[C@H]3CC[C@]12C)S(=O)(=O)c1ccccc1. The van der Waals surface area contributed by atoms with Gasteiger partial charge < -0.3 is 10.2 Å². The second kappa shape index (κ2) is 11.6. The molecule has 11 atom stereocenters. The van der Waals surface area contributed by atoms with E-state index in [-0.39, 0.29) is 47.8 Å². The third-order valence-corrected chi connectivity index (χ3v) is 15.6. The Hall–Kier alpha value is -1.12. The Bertz CT molecular complexity index is 1240. The predicted molar refractivity (Wildman–Crippen MR) is 163 cm³/mol. The van der Waals surface area contributed by atoms with Crippen molar-refractivity contribution in [1.82, 2.24) is 0 Å². The summed E-state index contributed by atoms with van der Waals surface area (Å²) in [6.07, 6.45) is 1.33. The highest BCUT2D eigenvalue weighted by atomic mass is 32.2. The molecule has 4 nitrogen and oxygen atoms in total. The van der Waals surface area contributed by atoms with Gasteiger partial charge in [-0.05, 0) is 135 Å². The number of hydrogen-bond acceptors (Lipinski definition) is 4. The van der Waals surface area contributed by atoms with Crippen molar-refractivity contribution < 1.29 is 31.8 Å². The van der Waals surface area contributed by atoms with Crippen LogP contribution in [0, 0.1) is 52.3 Å². The number of rotatable bonds is 8. The van der Waals surface area contributed by atoms with Gasteiger partial charge in [-0.15, -0.1) is 0 Å². The molecule has 43 heavy (non-hydrogen) atoms. The minimum absolute atomic E-state index is 0.0316. The normalized spacial score (nSPS) is 40.3. The van der Waals surface area contributed by atoms with E-state index in [1.807, 2.05) is 19.9 Å². The number of aliphatic hydroxyl groups excluding tert-OH is 1. The first-order valence-corrected chi connectivity index (χ1v) is 18.2. The first-order valence-electron chi connectivity index (χ1n) is 16.7. The largest absolute Gasteiger partial charge is 0.417 e. The van der Waals surface area contributed by atoms with Gasteiger partial charge in [-0.3, -0.25) is 0 Å². The van der Waals surface area contributed by atoms with Crippen LogP contribution in [-0.4, -0.2) is 41.8 Å². The molecule has 4 aliphatic carbocycles. The van der Waals surface area contributed by atoms with Gasteiger partial charge in [-0.1, -0.05) is 52.8 Å². The van der Waals surface area contributed by atoms with Crippen molar-refractivity contribution in [1.29, 1.82) is 0 Å². The van der Waals surface area contributed by atoms with E-state index in [2.05, 4.69) is 20.8 Å². The molecule has 0 aromatic heterocycles. The van der Waals surface area contributed by atoms with E-state index in [1.165, 1.54) is 0 Å². The third kappa shape index (κ3) is 5.73. The van der Waals surface area contributed by atoms with Crippen molar-refractivity contribution >= 4 is 9.84 Å². The van der Waals surface area contributed by atoms with E-state index < -0.39 is 33.0 Å². The van der Waals surface area contributed by atoms with E-state index in [4.69, 9.17) is 0 Å². The zero-order chi connectivity index (χ0) is 31.6. The van der Waals surface area contributed by atoms with E-state index in [0.717, 1.165) is 38.5 Å². The van der Waals surface area contributed by atoms with Crippen LogP contribution in [0.15, 0.2) is 35.2 Å². The number of sulfone groups is 1. The molecular weight excluding hydrogens is 573 g/mol. The summed E-state index contributed by atoms with van der Waals surface area (Å²) in [5.41, 5.74) is -2.66. The molecule has 2 N–H and O–H groups in total. The smallest absolute Gasteiger partial charge is 0.393 e. The fourth-order valence-corrected chi connectivity index (χ4v) is 12.7. The number of hydrogen-bond donors (Lipinski definition) is 2. The highest BCUT2D eigenvalue weighted by Gasteiger charge is 2.65. The molecule has 0 bridgehead atoms. The van der Waals surface area contributed by atoms with Crippen LogP contribution in [-0.2, 0) is 9.84 Å². The van der Waals surface area contributed by atoms with E-state index in [1.54, 1.807) is 24.3 Å². The van der Waals surface area contributed by atoms with Crippen LogP contribution in [0.5, 0.6) is 0 Å². The van der Waals surface area contributed by atoms with E-state index in [9.17, 15) is 31.8 Å². The summed E-state index contributed by atoms with van der Waals surface area (Å²) >= 11 is 0. The highest BCUT2D eigenvalue weighted by Crippen LogP contribution is 2.69. The molecular formula is C35H53F3O4S. The van der Waals surface area contributed by atoms with Gasteiger partial charge in [0, 0.05) is 0 Å². The van der Waals surface area contributed by atoms with Crippen molar-refractivity contribution in [2.45, 2.75) is 133 Å². The summed E-state index contributed by atoms with van der Waals surface area (Å²) in [5, 5.41) is 20.7. The molecule has 0 amide bonds.